The molecule has 3 heterocycles. The first-order valence-electron chi connectivity index (χ1n) is 9.61. The van der Waals surface area contributed by atoms with E-state index in [1.54, 1.807) is 17.3 Å². The highest BCUT2D eigenvalue weighted by Crippen LogP contribution is 2.47. The number of imide groups is 1. The topological polar surface area (TPSA) is 70.1 Å². The Hall–Kier alpha value is -2.76. The van der Waals surface area contributed by atoms with E-state index in [0.717, 1.165) is 11.1 Å². The van der Waals surface area contributed by atoms with Crippen LogP contribution < -0.4 is 4.90 Å². The number of hydrogen-bond donors (Lipinski definition) is 0. The Morgan fingerprint density at radius 1 is 1.07 bits per heavy atom. The van der Waals surface area contributed by atoms with Crippen LogP contribution >= 0.6 is 0 Å². The van der Waals surface area contributed by atoms with Crippen molar-refractivity contribution in [1.29, 1.82) is 0 Å². The zero-order valence-corrected chi connectivity index (χ0v) is 16.8. The number of carbonyl (C=O) groups is 3. The number of nitrogens with zero attached hydrogens (tertiary/aromatic N) is 3. The van der Waals surface area contributed by atoms with E-state index >= 15 is 0 Å². The normalized spacial score (nSPS) is 28.8. The lowest BCUT2D eigenvalue weighted by molar-refractivity contribution is -0.136. The Balaban J connectivity index is 1.81. The number of benzene rings is 1. The van der Waals surface area contributed by atoms with Crippen molar-refractivity contribution in [3.8, 4) is 0 Å². The molecule has 6 heteroatoms. The molecule has 0 bridgehead atoms. The molecule has 2 amide bonds. The van der Waals surface area contributed by atoms with Gasteiger partial charge in [-0.3, -0.25) is 19.4 Å². The highest BCUT2D eigenvalue weighted by Gasteiger charge is 2.64. The number of ketones is 1. The standard InChI is InChI=1S/C22H25N3O3/c1-12-8-9-14(13(2)11-12)24-20(27)16-15-7-6-10-23-25(15)18(17(16)21(24)28)19(26)22(3,4)5/h6-11,15-18H,1-5H3/t15-,16-,17-,18+/m1/s1. The molecule has 0 saturated carbocycles. The summed E-state index contributed by atoms with van der Waals surface area (Å²) < 4.78 is 0. The molecule has 3 aliphatic rings. The van der Waals surface area contributed by atoms with Crippen LogP contribution in [0.3, 0.4) is 0 Å². The lowest BCUT2D eigenvalue weighted by Crippen LogP contribution is -2.49. The molecule has 2 saturated heterocycles. The van der Waals surface area contributed by atoms with Crippen molar-refractivity contribution in [3.63, 3.8) is 0 Å². The minimum Gasteiger partial charge on any atom is -0.297 e. The molecule has 4 atom stereocenters. The summed E-state index contributed by atoms with van der Waals surface area (Å²) >= 11 is 0. The lowest BCUT2D eigenvalue weighted by Gasteiger charge is -2.33. The summed E-state index contributed by atoms with van der Waals surface area (Å²) in [5.74, 6) is -1.94. The Labute approximate surface area is 164 Å². The maximum Gasteiger partial charge on any atom is 0.240 e. The third kappa shape index (κ3) is 2.54. The number of aryl methyl sites for hydroxylation is 2. The second kappa shape index (κ2) is 6.12. The molecule has 1 aromatic carbocycles. The van der Waals surface area contributed by atoms with Gasteiger partial charge < -0.3 is 0 Å². The number of Topliss-reactive ketones (excluding diaryl/α,β-unsaturated/α-hetero) is 1. The summed E-state index contributed by atoms with van der Waals surface area (Å²) in [4.78, 5) is 41.4. The molecule has 0 N–H and O–H groups in total. The van der Waals surface area contributed by atoms with Gasteiger partial charge >= 0.3 is 0 Å². The van der Waals surface area contributed by atoms with Crippen LogP contribution in [0.4, 0.5) is 5.69 Å². The van der Waals surface area contributed by atoms with Crippen LogP contribution in [-0.4, -0.2) is 40.9 Å². The number of fused-ring (bicyclic) bond motifs is 3. The molecule has 2 fully saturated rings. The zero-order valence-electron chi connectivity index (χ0n) is 16.8. The van der Waals surface area contributed by atoms with E-state index in [1.165, 1.54) is 4.90 Å². The van der Waals surface area contributed by atoms with Gasteiger partial charge in [-0.25, -0.2) is 4.90 Å². The Bertz CT molecular complexity index is 941. The molecule has 1 aromatic rings. The average molecular weight is 379 g/mol. The van der Waals surface area contributed by atoms with Crippen molar-refractivity contribution in [1.82, 2.24) is 5.01 Å². The number of hydrazone groups is 1. The molecular weight excluding hydrogens is 354 g/mol. The Morgan fingerprint density at radius 2 is 1.75 bits per heavy atom. The van der Waals surface area contributed by atoms with Crippen LogP contribution in [0, 0.1) is 31.1 Å². The monoisotopic (exact) mass is 379 g/mol. The van der Waals surface area contributed by atoms with E-state index in [2.05, 4.69) is 5.10 Å². The smallest absolute Gasteiger partial charge is 0.240 e. The van der Waals surface area contributed by atoms with Crippen LogP contribution in [0.1, 0.15) is 31.9 Å². The maximum absolute atomic E-state index is 13.5. The first-order valence-corrected chi connectivity index (χ1v) is 9.61. The second-order valence-corrected chi connectivity index (χ2v) is 8.93. The summed E-state index contributed by atoms with van der Waals surface area (Å²) in [7, 11) is 0. The predicted octanol–water partition coefficient (Wildman–Crippen LogP) is 2.63. The van der Waals surface area contributed by atoms with Crippen LogP contribution in [0.2, 0.25) is 0 Å². The third-order valence-corrected chi connectivity index (χ3v) is 5.89. The van der Waals surface area contributed by atoms with Crippen LogP contribution in [-0.2, 0) is 14.4 Å². The van der Waals surface area contributed by atoms with E-state index < -0.39 is 23.3 Å². The summed E-state index contributed by atoms with van der Waals surface area (Å²) in [6.45, 7) is 9.38. The number of anilines is 1. The highest BCUT2D eigenvalue weighted by atomic mass is 16.2. The van der Waals surface area contributed by atoms with Gasteiger partial charge in [0, 0.05) is 11.6 Å². The molecule has 28 heavy (non-hydrogen) atoms. The van der Waals surface area contributed by atoms with Crippen molar-refractivity contribution in [3.05, 3.63) is 41.5 Å². The van der Waals surface area contributed by atoms with Gasteiger partial charge in [-0.15, -0.1) is 0 Å². The molecule has 0 aromatic heterocycles. The van der Waals surface area contributed by atoms with E-state index in [9.17, 15) is 14.4 Å². The van der Waals surface area contributed by atoms with Crippen molar-refractivity contribution in [2.75, 3.05) is 4.90 Å². The van der Waals surface area contributed by atoms with E-state index in [1.807, 2.05) is 58.9 Å². The number of allylic oxidation sites excluding steroid dienone is 1. The van der Waals surface area contributed by atoms with Crippen molar-refractivity contribution in [2.24, 2.45) is 22.4 Å². The number of amides is 2. The molecule has 0 spiro atoms. The first kappa shape index (κ1) is 18.6. The van der Waals surface area contributed by atoms with Crippen LogP contribution in [0.5, 0.6) is 0 Å². The lowest BCUT2D eigenvalue weighted by atomic mass is 9.80. The van der Waals surface area contributed by atoms with E-state index in [4.69, 9.17) is 0 Å². The summed E-state index contributed by atoms with van der Waals surface area (Å²) in [5.41, 5.74) is 1.90. The minimum absolute atomic E-state index is 0.0684. The molecule has 4 rings (SSSR count). The van der Waals surface area contributed by atoms with Gasteiger partial charge in [0.1, 0.15) is 6.04 Å². The quantitative estimate of drug-likeness (QED) is 0.741. The molecule has 6 nitrogen and oxygen atoms in total. The summed E-state index contributed by atoms with van der Waals surface area (Å²) in [5, 5.41) is 6.03. The molecule has 0 aliphatic carbocycles. The van der Waals surface area contributed by atoms with E-state index in [-0.39, 0.29) is 23.6 Å². The molecule has 3 aliphatic heterocycles. The van der Waals surface area contributed by atoms with Gasteiger partial charge in [0.2, 0.25) is 11.8 Å². The molecule has 0 unspecified atom stereocenters. The zero-order chi connectivity index (χ0) is 20.4. The maximum atomic E-state index is 13.5. The largest absolute Gasteiger partial charge is 0.297 e. The Kier molecular flexibility index (Phi) is 4.07. The number of rotatable bonds is 2. The van der Waals surface area contributed by atoms with Gasteiger partial charge in [0.05, 0.1) is 23.6 Å². The van der Waals surface area contributed by atoms with Gasteiger partial charge in [-0.05, 0) is 31.6 Å². The number of carbonyl (C=O) groups excluding carboxylic acids is 3. The van der Waals surface area contributed by atoms with Gasteiger partial charge in [0.15, 0.2) is 5.78 Å². The number of hydrogen-bond acceptors (Lipinski definition) is 5. The van der Waals surface area contributed by atoms with Crippen LogP contribution in [0.25, 0.3) is 0 Å². The minimum atomic E-state index is -0.733. The molecular formula is C22H25N3O3. The fraction of sp³-hybridized carbons (Fsp3) is 0.455. The molecule has 146 valence electrons. The third-order valence-electron chi connectivity index (χ3n) is 5.89. The van der Waals surface area contributed by atoms with E-state index in [0.29, 0.717) is 5.69 Å². The fourth-order valence-electron chi connectivity index (χ4n) is 4.57. The van der Waals surface area contributed by atoms with Crippen molar-refractivity contribution >= 4 is 29.5 Å². The first-order chi connectivity index (χ1) is 13.1. The summed E-state index contributed by atoms with van der Waals surface area (Å²) in [6, 6.07) is 4.56. The van der Waals surface area contributed by atoms with Crippen LogP contribution in [0.15, 0.2) is 35.5 Å². The average Bonchev–Trinajstić information content (AvgIpc) is 3.08. The second-order valence-electron chi connectivity index (χ2n) is 8.93. The Morgan fingerprint density at radius 3 is 2.39 bits per heavy atom. The highest BCUT2D eigenvalue weighted by molar-refractivity contribution is 6.24. The fourth-order valence-corrected chi connectivity index (χ4v) is 4.57. The SMILES string of the molecule is Cc1ccc(N2C(=O)[C@@H]3[C@H](C2=O)[C@H]2C=CC=NN2[C@@H]3C(=O)C(C)(C)C)c(C)c1. The molecule has 0 radical (unpaired) electrons. The van der Waals surface area contributed by atoms with Gasteiger partial charge in [0.25, 0.3) is 0 Å². The summed E-state index contributed by atoms with van der Waals surface area (Å²) in [6.07, 6.45) is 5.26. The van der Waals surface area contributed by atoms with Crippen molar-refractivity contribution in [2.45, 2.75) is 46.7 Å². The predicted molar refractivity (Wildman–Crippen MR) is 107 cm³/mol. The van der Waals surface area contributed by atoms with Crippen molar-refractivity contribution < 1.29 is 14.4 Å². The van der Waals surface area contributed by atoms with Gasteiger partial charge in [-0.1, -0.05) is 44.5 Å². The van der Waals surface area contributed by atoms with Gasteiger partial charge in [-0.2, -0.15) is 5.10 Å².